The van der Waals surface area contributed by atoms with Crippen LogP contribution in [0.2, 0.25) is 0 Å². The summed E-state index contributed by atoms with van der Waals surface area (Å²) in [4.78, 5) is 40.3. The van der Waals surface area contributed by atoms with Crippen LogP contribution in [0.25, 0.3) is 10.9 Å². The molecule has 1 heterocycles. The van der Waals surface area contributed by atoms with E-state index in [0.29, 0.717) is 16.6 Å². The van der Waals surface area contributed by atoms with Gasteiger partial charge in [0.05, 0.1) is 29.7 Å². The molecule has 8 nitrogen and oxygen atoms in total. The van der Waals surface area contributed by atoms with Crippen molar-refractivity contribution in [3.8, 4) is 6.07 Å². The summed E-state index contributed by atoms with van der Waals surface area (Å²) in [6, 6.07) is 15.6. The smallest absolute Gasteiger partial charge is 0.326 e. The number of fused-ring (bicyclic) bond motifs is 1. The molecule has 28 heavy (non-hydrogen) atoms. The van der Waals surface area contributed by atoms with Gasteiger partial charge in [-0.05, 0) is 29.8 Å². The SMILES string of the molecule is N#CCc1ccc(NC(=O)COC(=O)Cn2cnc3ccccc3c2=O)cc1. The molecular formula is C20H16N4O4. The third-order valence-electron chi connectivity index (χ3n) is 3.92. The van der Waals surface area contributed by atoms with Crippen LogP contribution >= 0.6 is 0 Å². The third-order valence-corrected chi connectivity index (χ3v) is 3.92. The molecule has 0 bridgehead atoms. The molecule has 0 radical (unpaired) electrons. The first kappa shape index (κ1) is 18.8. The molecular weight excluding hydrogens is 360 g/mol. The fourth-order valence-electron chi connectivity index (χ4n) is 2.54. The van der Waals surface area contributed by atoms with Gasteiger partial charge in [-0.1, -0.05) is 24.3 Å². The normalized spacial score (nSPS) is 10.2. The van der Waals surface area contributed by atoms with E-state index in [1.54, 1.807) is 48.5 Å². The minimum absolute atomic E-state index is 0.287. The van der Waals surface area contributed by atoms with Crippen molar-refractivity contribution in [2.75, 3.05) is 11.9 Å². The van der Waals surface area contributed by atoms with Gasteiger partial charge in [0.1, 0.15) is 6.54 Å². The standard InChI is InChI=1S/C20H16N4O4/c21-10-9-14-5-7-15(8-6-14)23-18(25)12-28-19(26)11-24-13-22-17-4-2-1-3-16(17)20(24)27/h1-8,13H,9,11-12H2,(H,23,25). The van der Waals surface area contributed by atoms with E-state index < -0.39 is 18.5 Å². The molecule has 0 saturated carbocycles. The Morgan fingerprint density at radius 3 is 2.64 bits per heavy atom. The van der Waals surface area contributed by atoms with Crippen LogP contribution in [0.4, 0.5) is 5.69 Å². The maximum atomic E-state index is 12.3. The lowest BCUT2D eigenvalue weighted by molar-refractivity contribution is -0.147. The summed E-state index contributed by atoms with van der Waals surface area (Å²) in [6.45, 7) is -0.818. The zero-order valence-electron chi connectivity index (χ0n) is 14.8. The van der Waals surface area contributed by atoms with Gasteiger partial charge in [0.2, 0.25) is 0 Å². The van der Waals surface area contributed by atoms with Crippen LogP contribution in [0.5, 0.6) is 0 Å². The van der Waals surface area contributed by atoms with E-state index in [1.165, 1.54) is 6.33 Å². The molecule has 1 aromatic heterocycles. The summed E-state index contributed by atoms with van der Waals surface area (Å²) in [6.07, 6.45) is 1.56. The number of aromatic nitrogens is 2. The number of esters is 1. The molecule has 0 aliphatic carbocycles. The average molecular weight is 376 g/mol. The molecule has 0 spiro atoms. The van der Waals surface area contributed by atoms with Gasteiger partial charge in [-0.25, -0.2) is 4.98 Å². The second-order valence-corrected chi connectivity index (χ2v) is 5.94. The van der Waals surface area contributed by atoms with Gasteiger partial charge in [-0.3, -0.25) is 19.0 Å². The Morgan fingerprint density at radius 2 is 1.89 bits per heavy atom. The Kier molecular flexibility index (Phi) is 5.77. The Bertz CT molecular complexity index is 1110. The number of amides is 1. The predicted octanol–water partition coefficient (Wildman–Crippen LogP) is 1.64. The summed E-state index contributed by atoms with van der Waals surface area (Å²) >= 11 is 0. The molecule has 3 aromatic rings. The fraction of sp³-hybridized carbons (Fsp3) is 0.150. The minimum Gasteiger partial charge on any atom is -0.454 e. The number of nitrogens with zero attached hydrogens (tertiary/aromatic N) is 3. The second-order valence-electron chi connectivity index (χ2n) is 5.94. The lowest BCUT2D eigenvalue weighted by Crippen LogP contribution is -2.28. The van der Waals surface area contributed by atoms with Crippen molar-refractivity contribution in [2.24, 2.45) is 0 Å². The van der Waals surface area contributed by atoms with Crippen LogP contribution in [0.1, 0.15) is 5.56 Å². The van der Waals surface area contributed by atoms with E-state index in [2.05, 4.69) is 10.3 Å². The summed E-state index contributed by atoms with van der Waals surface area (Å²) in [7, 11) is 0. The first-order valence-corrected chi connectivity index (χ1v) is 8.42. The molecule has 2 aromatic carbocycles. The summed E-state index contributed by atoms with van der Waals surface area (Å²) < 4.78 is 6.06. The van der Waals surface area contributed by atoms with Crippen LogP contribution in [0.3, 0.4) is 0 Å². The van der Waals surface area contributed by atoms with Gasteiger partial charge in [0.15, 0.2) is 6.61 Å². The van der Waals surface area contributed by atoms with Gasteiger partial charge in [-0.2, -0.15) is 5.26 Å². The number of ether oxygens (including phenoxy) is 1. The van der Waals surface area contributed by atoms with E-state index >= 15 is 0 Å². The summed E-state index contributed by atoms with van der Waals surface area (Å²) in [5.74, 6) is -1.23. The highest BCUT2D eigenvalue weighted by molar-refractivity contribution is 5.92. The monoisotopic (exact) mass is 376 g/mol. The molecule has 3 rings (SSSR count). The van der Waals surface area contributed by atoms with E-state index in [4.69, 9.17) is 10.00 Å². The van der Waals surface area contributed by atoms with Gasteiger partial charge in [-0.15, -0.1) is 0 Å². The minimum atomic E-state index is -0.723. The lowest BCUT2D eigenvalue weighted by Gasteiger charge is -2.08. The number of benzene rings is 2. The van der Waals surface area contributed by atoms with Crippen molar-refractivity contribution < 1.29 is 14.3 Å². The van der Waals surface area contributed by atoms with Gasteiger partial charge >= 0.3 is 5.97 Å². The fourth-order valence-corrected chi connectivity index (χ4v) is 2.54. The maximum absolute atomic E-state index is 12.3. The molecule has 0 unspecified atom stereocenters. The van der Waals surface area contributed by atoms with Crippen molar-refractivity contribution in [2.45, 2.75) is 13.0 Å². The lowest BCUT2D eigenvalue weighted by atomic mass is 10.1. The first-order valence-electron chi connectivity index (χ1n) is 8.42. The Morgan fingerprint density at radius 1 is 1.14 bits per heavy atom. The zero-order valence-corrected chi connectivity index (χ0v) is 14.8. The Labute approximate surface area is 160 Å². The molecule has 0 aliphatic heterocycles. The highest BCUT2D eigenvalue weighted by atomic mass is 16.5. The van der Waals surface area contributed by atoms with Crippen molar-refractivity contribution in [1.29, 1.82) is 5.26 Å². The maximum Gasteiger partial charge on any atom is 0.326 e. The van der Waals surface area contributed by atoms with Gasteiger partial charge < -0.3 is 10.1 Å². The summed E-state index contributed by atoms with van der Waals surface area (Å²) in [5.41, 5.74) is 1.54. The Balaban J connectivity index is 1.54. The molecule has 8 heteroatoms. The third kappa shape index (κ3) is 4.59. The van der Waals surface area contributed by atoms with Crippen LogP contribution < -0.4 is 10.9 Å². The zero-order chi connectivity index (χ0) is 19.9. The molecule has 140 valence electrons. The largest absolute Gasteiger partial charge is 0.454 e. The van der Waals surface area contributed by atoms with Crippen molar-refractivity contribution in [3.05, 3.63) is 70.8 Å². The second kappa shape index (κ2) is 8.60. The number of carbonyl (C=O) groups excluding carboxylic acids is 2. The summed E-state index contributed by atoms with van der Waals surface area (Å²) in [5, 5.41) is 11.6. The molecule has 0 aliphatic rings. The quantitative estimate of drug-likeness (QED) is 0.654. The Hall–Kier alpha value is -3.99. The molecule has 0 saturated heterocycles. The number of para-hydroxylation sites is 1. The van der Waals surface area contributed by atoms with Gasteiger partial charge in [0, 0.05) is 5.69 Å². The molecule has 0 atom stereocenters. The predicted molar refractivity (Wildman–Crippen MR) is 101 cm³/mol. The van der Waals surface area contributed by atoms with E-state index in [0.717, 1.165) is 10.1 Å². The van der Waals surface area contributed by atoms with Crippen LogP contribution in [-0.2, 0) is 27.3 Å². The van der Waals surface area contributed by atoms with Crippen molar-refractivity contribution in [1.82, 2.24) is 9.55 Å². The van der Waals surface area contributed by atoms with Crippen molar-refractivity contribution in [3.63, 3.8) is 0 Å². The van der Waals surface area contributed by atoms with Gasteiger partial charge in [0.25, 0.3) is 11.5 Å². The number of hydrogen-bond acceptors (Lipinski definition) is 6. The van der Waals surface area contributed by atoms with E-state index in [9.17, 15) is 14.4 Å². The van der Waals surface area contributed by atoms with Crippen LogP contribution in [0.15, 0.2) is 59.7 Å². The van der Waals surface area contributed by atoms with E-state index in [-0.39, 0.29) is 18.5 Å². The first-order chi connectivity index (χ1) is 13.6. The number of hydrogen-bond donors (Lipinski definition) is 1. The average Bonchev–Trinajstić information content (AvgIpc) is 2.70. The number of rotatable bonds is 6. The number of carbonyl (C=O) groups is 2. The topological polar surface area (TPSA) is 114 Å². The number of nitrogens with one attached hydrogen (secondary N) is 1. The molecule has 1 amide bonds. The van der Waals surface area contributed by atoms with E-state index in [1.807, 2.05) is 6.07 Å². The number of nitriles is 1. The highest BCUT2D eigenvalue weighted by Gasteiger charge is 2.11. The van der Waals surface area contributed by atoms with Crippen molar-refractivity contribution >= 4 is 28.5 Å². The molecule has 1 N–H and O–H groups in total. The molecule has 0 fully saturated rings. The van der Waals surface area contributed by atoms with Crippen LogP contribution in [0, 0.1) is 11.3 Å². The number of anilines is 1. The highest BCUT2D eigenvalue weighted by Crippen LogP contribution is 2.10. The van der Waals surface area contributed by atoms with Crippen LogP contribution in [-0.4, -0.2) is 28.0 Å².